The first kappa shape index (κ1) is 36.7. The molecule has 7 atom stereocenters. The fraction of sp³-hybridized carbons (Fsp3) is 0.946. The predicted octanol–water partition coefficient (Wildman–Crippen LogP) is 13.3. The van der Waals surface area contributed by atoms with E-state index >= 15 is 0 Å². The standard InChI is InChI=1S/C28H48.C3H8.3C2H6/c1-9-10-19(2)21-14-17-28(8)23-11-12-24-25(4,5)20(3)13-16-26(24,6)22(23)15-18-27(21,28)7;1-3-2;3*1-2/h19-21,24H,9-18H2,1-8H3;3H2,1-2H3;3*1-2H3. The van der Waals surface area contributed by atoms with Gasteiger partial charge in [-0.1, -0.05) is 141 Å². The van der Waals surface area contributed by atoms with Crippen LogP contribution in [0.3, 0.4) is 0 Å². The highest BCUT2D eigenvalue weighted by Gasteiger charge is 2.62. The summed E-state index contributed by atoms with van der Waals surface area (Å²) in [5.41, 5.74) is 5.95. The second kappa shape index (κ2) is 15.5. The monoisotopic (exact) mass is 519 g/mol. The Bertz CT molecular complexity index is 668. The zero-order valence-electron chi connectivity index (χ0n) is 29.1. The Kier molecular flexibility index (Phi) is 15.4. The molecule has 222 valence electrons. The number of allylic oxidation sites excluding steroid dienone is 2. The Morgan fingerprint density at radius 2 is 1.27 bits per heavy atom. The van der Waals surface area contributed by atoms with Gasteiger partial charge in [0.15, 0.2) is 0 Å². The van der Waals surface area contributed by atoms with Crippen molar-refractivity contribution in [2.24, 2.45) is 45.3 Å². The smallest absolute Gasteiger partial charge is 0.00568 e. The summed E-state index contributed by atoms with van der Waals surface area (Å²) in [6.07, 6.45) is 15.6. The molecular weight excluding hydrogens is 444 g/mol. The van der Waals surface area contributed by atoms with Crippen molar-refractivity contribution in [3.8, 4) is 0 Å². The topological polar surface area (TPSA) is 0 Å². The molecule has 4 aliphatic carbocycles. The minimum absolute atomic E-state index is 0.481. The Morgan fingerprint density at radius 1 is 0.730 bits per heavy atom. The van der Waals surface area contributed by atoms with Crippen LogP contribution >= 0.6 is 0 Å². The maximum absolute atomic E-state index is 2.71. The third-order valence-electron chi connectivity index (χ3n) is 11.8. The van der Waals surface area contributed by atoms with E-state index in [2.05, 4.69) is 69.2 Å². The average molecular weight is 519 g/mol. The Hall–Kier alpha value is -0.260. The van der Waals surface area contributed by atoms with Crippen LogP contribution in [-0.4, -0.2) is 0 Å². The van der Waals surface area contributed by atoms with Crippen LogP contribution in [-0.2, 0) is 0 Å². The number of fused-ring (bicyclic) bond motifs is 4. The molecular formula is C37H74. The fourth-order valence-corrected chi connectivity index (χ4v) is 9.48. The van der Waals surface area contributed by atoms with Crippen LogP contribution in [0.15, 0.2) is 11.1 Å². The van der Waals surface area contributed by atoms with E-state index in [1.165, 1.54) is 70.6 Å². The Morgan fingerprint density at radius 3 is 1.78 bits per heavy atom. The highest BCUT2D eigenvalue weighted by Crippen LogP contribution is 2.72. The lowest BCUT2D eigenvalue weighted by atomic mass is 9.42. The highest BCUT2D eigenvalue weighted by atomic mass is 14.7. The van der Waals surface area contributed by atoms with Crippen LogP contribution in [0.5, 0.6) is 0 Å². The van der Waals surface area contributed by atoms with Crippen molar-refractivity contribution in [3.05, 3.63) is 11.1 Å². The lowest BCUT2D eigenvalue weighted by Crippen LogP contribution is -2.53. The zero-order valence-corrected chi connectivity index (χ0v) is 29.1. The van der Waals surface area contributed by atoms with Gasteiger partial charge >= 0.3 is 0 Å². The summed E-state index contributed by atoms with van der Waals surface area (Å²) in [6, 6.07) is 0. The van der Waals surface area contributed by atoms with Gasteiger partial charge in [0, 0.05) is 0 Å². The van der Waals surface area contributed by atoms with E-state index in [1.54, 1.807) is 0 Å². The summed E-state index contributed by atoms with van der Waals surface area (Å²) in [5.74, 6) is 3.62. The first-order valence-electron chi connectivity index (χ1n) is 17.2. The van der Waals surface area contributed by atoms with Gasteiger partial charge in [0.2, 0.25) is 0 Å². The third-order valence-corrected chi connectivity index (χ3v) is 11.8. The first-order chi connectivity index (χ1) is 17.4. The SMILES string of the molecule is CC.CC.CC.CCC.CCCC(C)C1CCC2(C)C3=C(CCC12C)C1(C)CCC(C)C(C)(C)C1CC3. The van der Waals surface area contributed by atoms with E-state index in [1.807, 2.05) is 52.7 Å². The first-order valence-corrected chi connectivity index (χ1v) is 17.2. The molecule has 0 aromatic rings. The van der Waals surface area contributed by atoms with Crippen molar-refractivity contribution in [2.45, 2.75) is 181 Å². The minimum atomic E-state index is 0.481. The van der Waals surface area contributed by atoms with Gasteiger partial charge in [0.25, 0.3) is 0 Å². The quantitative estimate of drug-likeness (QED) is 0.326. The van der Waals surface area contributed by atoms with Crippen molar-refractivity contribution < 1.29 is 0 Å². The predicted molar refractivity (Wildman–Crippen MR) is 172 cm³/mol. The molecule has 0 aromatic heterocycles. The largest absolute Gasteiger partial charge is 0.0683 e. The van der Waals surface area contributed by atoms with Crippen LogP contribution in [0, 0.1) is 45.3 Å². The molecule has 4 rings (SSSR count). The van der Waals surface area contributed by atoms with Gasteiger partial charge < -0.3 is 0 Å². The van der Waals surface area contributed by atoms with E-state index in [-0.39, 0.29) is 0 Å². The van der Waals surface area contributed by atoms with E-state index in [0.29, 0.717) is 21.7 Å². The van der Waals surface area contributed by atoms with Gasteiger partial charge in [-0.05, 0) is 96.7 Å². The molecule has 37 heavy (non-hydrogen) atoms. The molecule has 0 heteroatoms. The van der Waals surface area contributed by atoms with Crippen molar-refractivity contribution >= 4 is 0 Å². The Balaban J connectivity index is 0.00000129. The van der Waals surface area contributed by atoms with Crippen LogP contribution in [0.1, 0.15) is 181 Å². The van der Waals surface area contributed by atoms with Gasteiger partial charge in [-0.2, -0.15) is 0 Å². The molecule has 4 aliphatic rings. The summed E-state index contributed by atoms with van der Waals surface area (Å²) < 4.78 is 0. The van der Waals surface area contributed by atoms with Crippen LogP contribution in [0.25, 0.3) is 0 Å². The maximum Gasteiger partial charge on any atom is -0.00568 e. The molecule has 7 unspecified atom stereocenters. The average Bonchev–Trinajstić information content (AvgIpc) is 3.17. The third kappa shape index (κ3) is 6.56. The van der Waals surface area contributed by atoms with Gasteiger partial charge in [-0.3, -0.25) is 0 Å². The lowest BCUT2D eigenvalue weighted by molar-refractivity contribution is -0.0482. The molecule has 0 spiro atoms. The molecule has 0 nitrogen and oxygen atoms in total. The molecule has 0 bridgehead atoms. The molecule has 0 aromatic carbocycles. The summed E-state index contributed by atoms with van der Waals surface area (Å²) in [4.78, 5) is 0. The van der Waals surface area contributed by atoms with Crippen LogP contribution in [0.2, 0.25) is 0 Å². The van der Waals surface area contributed by atoms with E-state index < -0.39 is 0 Å². The number of hydrogen-bond acceptors (Lipinski definition) is 0. The molecule has 0 aliphatic heterocycles. The number of rotatable bonds is 3. The lowest BCUT2D eigenvalue weighted by Gasteiger charge is -2.62. The van der Waals surface area contributed by atoms with Gasteiger partial charge in [0.1, 0.15) is 0 Å². The van der Waals surface area contributed by atoms with Crippen LogP contribution < -0.4 is 0 Å². The molecule has 0 saturated heterocycles. The molecule has 2 saturated carbocycles. The van der Waals surface area contributed by atoms with E-state index in [0.717, 1.165) is 23.7 Å². The Labute approximate surface area is 237 Å². The molecule has 0 radical (unpaired) electrons. The van der Waals surface area contributed by atoms with Crippen molar-refractivity contribution in [2.75, 3.05) is 0 Å². The number of hydrogen-bond donors (Lipinski definition) is 0. The van der Waals surface area contributed by atoms with Gasteiger partial charge in [0.05, 0.1) is 0 Å². The van der Waals surface area contributed by atoms with Gasteiger partial charge in [-0.25, -0.2) is 0 Å². The second-order valence-electron chi connectivity index (χ2n) is 13.6. The fourth-order valence-electron chi connectivity index (χ4n) is 9.48. The normalized spacial score (nSPS) is 37.8. The summed E-state index contributed by atoms with van der Waals surface area (Å²) >= 11 is 0. The van der Waals surface area contributed by atoms with Gasteiger partial charge in [-0.15, -0.1) is 0 Å². The highest BCUT2D eigenvalue weighted by molar-refractivity contribution is 5.38. The van der Waals surface area contributed by atoms with Crippen molar-refractivity contribution in [3.63, 3.8) is 0 Å². The maximum atomic E-state index is 2.71. The second-order valence-corrected chi connectivity index (χ2v) is 13.6. The summed E-state index contributed by atoms with van der Waals surface area (Å²) in [5, 5.41) is 0. The van der Waals surface area contributed by atoms with E-state index in [9.17, 15) is 0 Å². The summed E-state index contributed by atoms with van der Waals surface area (Å²) in [7, 11) is 0. The summed E-state index contributed by atoms with van der Waals surface area (Å²) in [6.45, 7) is 37.0. The molecule has 2 fully saturated rings. The molecule has 0 N–H and O–H groups in total. The minimum Gasteiger partial charge on any atom is -0.0683 e. The zero-order chi connectivity index (χ0) is 29.2. The van der Waals surface area contributed by atoms with E-state index in [4.69, 9.17) is 0 Å². The molecule has 0 amide bonds. The van der Waals surface area contributed by atoms with Crippen LogP contribution in [0.4, 0.5) is 0 Å². The molecule has 0 heterocycles. The van der Waals surface area contributed by atoms with Crippen molar-refractivity contribution in [1.29, 1.82) is 0 Å². The van der Waals surface area contributed by atoms with Crippen molar-refractivity contribution in [1.82, 2.24) is 0 Å².